The Bertz CT molecular complexity index is 3080. The van der Waals surface area contributed by atoms with Gasteiger partial charge in [0.25, 0.3) is 0 Å². The number of carbonyl (C=O) groups is 4. The summed E-state index contributed by atoms with van der Waals surface area (Å²) < 4.78 is 60.7. The number of amides is 3. The highest BCUT2D eigenvalue weighted by atomic mass is 32.2. The van der Waals surface area contributed by atoms with Gasteiger partial charge in [-0.15, -0.1) is 0 Å². The number of rotatable bonds is 44. The monoisotopic (exact) mass is 1590 g/mol. The zero-order valence-electron chi connectivity index (χ0n) is 70.2. The number of nitrogens with two attached hydrogens (primary N) is 1. The van der Waals surface area contributed by atoms with Crippen LogP contribution >= 0.6 is 49.6 Å². The van der Waals surface area contributed by atoms with Crippen molar-refractivity contribution in [1.82, 2.24) is 16.0 Å². The molecule has 4 atom stereocenters. The molecule has 4 aromatic rings. The molecule has 3 amide bonds. The minimum atomic E-state index is -0.529. The SMILES string of the molecule is COc1cc(CC(C)N)c(OC)cc1CCCCCCS.COc1cc(CC(C)NC(=O)OC(C)(C)C)c(OC)cc1CCCCCCS.COc1cc(CC(C)NC(=O)OC(C)(C)C)c(OC)cc1CCCCCCS.COc1cc(CC(C)NC(=O)OC(C)(C)C)c(OC)cc1CCCCCCSC(C)=O. The van der Waals surface area contributed by atoms with Crippen molar-refractivity contribution in [2.45, 2.75) is 292 Å². The van der Waals surface area contributed by atoms with Gasteiger partial charge in [0.1, 0.15) is 62.8 Å². The number of thiol groups is 3. The molecule has 0 fully saturated rings. The molecule has 23 heteroatoms. The Hall–Kier alpha value is -5.88. The number of hydrogen-bond donors (Lipinski definition) is 7. The highest BCUT2D eigenvalue weighted by Crippen LogP contribution is 2.36. The standard InChI is InChI=1S/C24H39NO5S.2C22H37NO4S.C17H29NO2S/c1-17(25-23(27)30-24(3,4)5)14-20-16-21(28-6)19(15-22(20)29-7)12-10-8-9-11-13-31-18(2)26;2*1-16(23-21(24)27-22(2,3)4)13-18-15-19(25-5)17(14-20(18)26-6)11-9-7-8-10-12-28;1-13(18)10-15-12-16(19-2)14(11-17(15)20-3)8-6-4-5-7-9-21/h15-17H,8-14H2,1-7H3,(H,25,27);2*14-16,28H,7-13H2,1-6H3,(H,23,24);11-13,21H,4-10,18H2,1-3H3. The summed E-state index contributed by atoms with van der Waals surface area (Å²) in [6.07, 6.45) is 23.7. The van der Waals surface area contributed by atoms with Crippen LogP contribution in [0.25, 0.3) is 0 Å². The normalized spacial score (nSPS) is 12.3. The number of carbonyl (C=O) groups excluding carboxylic acids is 4. The van der Waals surface area contributed by atoms with Crippen LogP contribution in [0.4, 0.5) is 14.4 Å². The van der Waals surface area contributed by atoms with Gasteiger partial charge < -0.3 is 73.8 Å². The number of benzene rings is 4. The van der Waals surface area contributed by atoms with Gasteiger partial charge in [-0.3, -0.25) is 4.79 Å². The predicted molar refractivity (Wildman–Crippen MR) is 457 cm³/mol. The number of methoxy groups -OCH3 is 8. The number of aryl methyl sites for hydroxylation is 4. The summed E-state index contributed by atoms with van der Waals surface area (Å²) >= 11 is 14.2. The van der Waals surface area contributed by atoms with Gasteiger partial charge in [-0.25, -0.2) is 14.4 Å². The lowest BCUT2D eigenvalue weighted by Crippen LogP contribution is -2.38. The summed E-state index contributed by atoms with van der Waals surface area (Å²) in [5.41, 5.74) is 13.1. The number of thioether (sulfide) groups is 1. The Morgan fingerprint density at radius 3 is 0.750 bits per heavy atom. The van der Waals surface area contributed by atoms with Gasteiger partial charge >= 0.3 is 18.3 Å². The summed E-state index contributed by atoms with van der Waals surface area (Å²) in [6.45, 7) is 26.1. The van der Waals surface area contributed by atoms with Crippen molar-refractivity contribution >= 4 is 73.0 Å². The summed E-state index contributed by atoms with van der Waals surface area (Å²) in [5.74, 6) is 10.7. The third-order valence-corrected chi connectivity index (χ3v) is 18.7. The second-order valence-electron chi connectivity index (χ2n) is 30.5. The van der Waals surface area contributed by atoms with E-state index in [9.17, 15) is 19.2 Å². The van der Waals surface area contributed by atoms with Gasteiger partial charge in [0, 0.05) is 36.8 Å². The minimum Gasteiger partial charge on any atom is -0.496 e. The van der Waals surface area contributed by atoms with Crippen molar-refractivity contribution in [2.75, 3.05) is 79.9 Å². The predicted octanol–water partition coefficient (Wildman–Crippen LogP) is 19.6. The topological polar surface area (TPSA) is 232 Å². The van der Waals surface area contributed by atoms with Crippen molar-refractivity contribution in [3.05, 3.63) is 93.0 Å². The number of hydrogen-bond acceptors (Lipinski definition) is 20. The number of unbranched alkanes of at least 4 members (excludes halogenated alkanes) is 12. The number of nitrogens with one attached hydrogen (secondary N) is 3. The molecule has 0 aliphatic rings. The smallest absolute Gasteiger partial charge is 0.407 e. The number of alkyl carbamates (subject to hydrolysis) is 3. The highest BCUT2D eigenvalue weighted by Gasteiger charge is 2.24. The molecule has 4 rings (SSSR count). The third kappa shape index (κ3) is 44.8. The average molecular weight is 1590 g/mol. The maximum absolute atomic E-state index is 12.0. The molecule has 0 spiro atoms. The van der Waals surface area contributed by atoms with Crippen LogP contribution in [-0.2, 0) is 70.4 Å². The zero-order chi connectivity index (χ0) is 81.4. The van der Waals surface area contributed by atoms with Crippen LogP contribution in [0.3, 0.4) is 0 Å². The van der Waals surface area contributed by atoms with Gasteiger partial charge in [-0.05, 0) is 303 Å². The van der Waals surface area contributed by atoms with E-state index in [0.717, 1.165) is 191 Å². The van der Waals surface area contributed by atoms with E-state index >= 15 is 0 Å². The van der Waals surface area contributed by atoms with Gasteiger partial charge in [-0.2, -0.15) is 37.9 Å². The molecule has 0 aliphatic heterocycles. The first-order valence-electron chi connectivity index (χ1n) is 38.7. The van der Waals surface area contributed by atoms with Gasteiger partial charge in [0.05, 0.1) is 56.9 Å². The first-order chi connectivity index (χ1) is 51.1. The van der Waals surface area contributed by atoms with Gasteiger partial charge in [0.2, 0.25) is 0 Å². The van der Waals surface area contributed by atoms with E-state index < -0.39 is 35.1 Å². The fourth-order valence-corrected chi connectivity index (χ4v) is 13.2. The third-order valence-electron chi connectivity index (χ3n) is 16.9. The van der Waals surface area contributed by atoms with E-state index in [2.05, 4.69) is 78.1 Å². The largest absolute Gasteiger partial charge is 0.496 e. The molecule has 616 valence electrons. The molecule has 0 aromatic heterocycles. The molecule has 0 radical (unpaired) electrons. The Labute approximate surface area is 672 Å². The minimum absolute atomic E-state index is 0.0967. The first-order valence-corrected chi connectivity index (χ1v) is 41.6. The Kier molecular flexibility index (Phi) is 51.5. The maximum atomic E-state index is 12.0. The number of ether oxygens (including phenoxy) is 11. The fourth-order valence-electron chi connectivity index (χ4n) is 11.9. The Morgan fingerprint density at radius 2 is 0.546 bits per heavy atom. The van der Waals surface area contributed by atoms with Crippen molar-refractivity contribution in [3.8, 4) is 46.0 Å². The molecule has 4 aromatic carbocycles. The van der Waals surface area contributed by atoms with Crippen molar-refractivity contribution in [2.24, 2.45) is 5.73 Å². The lowest BCUT2D eigenvalue weighted by atomic mass is 9.99. The van der Waals surface area contributed by atoms with E-state index in [4.69, 9.17) is 57.8 Å². The molecule has 0 saturated heterocycles. The lowest BCUT2D eigenvalue weighted by molar-refractivity contribution is -0.109. The molecule has 4 unspecified atom stereocenters. The van der Waals surface area contributed by atoms with Crippen LogP contribution in [0, 0.1) is 0 Å². The summed E-state index contributed by atoms with van der Waals surface area (Å²) in [6, 6.07) is 16.2. The summed E-state index contributed by atoms with van der Waals surface area (Å²) in [7, 11) is 13.5. The van der Waals surface area contributed by atoms with E-state index in [1.165, 1.54) is 68.7 Å². The summed E-state index contributed by atoms with van der Waals surface area (Å²) in [5, 5.41) is 8.82. The van der Waals surface area contributed by atoms with Crippen LogP contribution < -0.4 is 59.6 Å². The maximum Gasteiger partial charge on any atom is 0.407 e. The molecule has 0 heterocycles. The van der Waals surface area contributed by atoms with E-state index in [-0.39, 0.29) is 29.3 Å². The first kappa shape index (κ1) is 100. The van der Waals surface area contributed by atoms with Crippen molar-refractivity contribution in [3.63, 3.8) is 0 Å². The van der Waals surface area contributed by atoms with Crippen molar-refractivity contribution < 1.29 is 71.3 Å². The molecule has 0 bridgehead atoms. The van der Waals surface area contributed by atoms with Crippen LogP contribution in [0.5, 0.6) is 46.0 Å². The Balaban J connectivity index is 0.000000726. The van der Waals surface area contributed by atoms with Crippen molar-refractivity contribution in [1.29, 1.82) is 0 Å². The second-order valence-corrected chi connectivity index (χ2v) is 33.1. The van der Waals surface area contributed by atoms with Crippen LogP contribution in [-0.4, -0.2) is 144 Å². The molecule has 19 nitrogen and oxygen atoms in total. The molecule has 0 saturated carbocycles. The van der Waals surface area contributed by atoms with Crippen LogP contribution in [0.2, 0.25) is 0 Å². The van der Waals surface area contributed by atoms with Gasteiger partial charge in [-0.1, -0.05) is 63.1 Å². The van der Waals surface area contributed by atoms with Gasteiger partial charge in [0.15, 0.2) is 5.12 Å². The molecular formula is C85H142N4O15S4. The molecular weight excluding hydrogens is 1450 g/mol. The fraction of sp³-hybridized carbons (Fsp3) is 0.671. The Morgan fingerprint density at radius 1 is 0.343 bits per heavy atom. The van der Waals surface area contributed by atoms with E-state index in [1.807, 2.05) is 114 Å². The van der Waals surface area contributed by atoms with Crippen LogP contribution in [0.15, 0.2) is 48.5 Å². The highest BCUT2D eigenvalue weighted by molar-refractivity contribution is 8.13. The summed E-state index contributed by atoms with van der Waals surface area (Å²) in [4.78, 5) is 47.0. The van der Waals surface area contributed by atoms with Crippen LogP contribution in [0.1, 0.15) is 244 Å². The molecule has 0 aliphatic carbocycles. The van der Waals surface area contributed by atoms with E-state index in [0.29, 0.717) is 19.3 Å². The zero-order valence-corrected chi connectivity index (χ0v) is 73.7. The second kappa shape index (κ2) is 55.5. The lowest BCUT2D eigenvalue weighted by Gasteiger charge is -2.23. The molecule has 108 heavy (non-hydrogen) atoms. The molecule has 5 N–H and O–H groups in total. The average Bonchev–Trinajstić information content (AvgIpc) is 0.847. The quantitative estimate of drug-likeness (QED) is 0.0124. The van der Waals surface area contributed by atoms with E-state index in [1.54, 1.807) is 63.8 Å².